The molecule has 0 atom stereocenters. The monoisotopic (exact) mass is 401 g/mol. The third-order valence-corrected chi connectivity index (χ3v) is 3.46. The Morgan fingerprint density at radius 3 is 2.79 bits per heavy atom. The molecular weight excluding hydrogens is 386 g/mol. The first-order valence-electron chi connectivity index (χ1n) is 7.96. The number of hydrogen-bond donors (Lipinski definition) is 1. The van der Waals surface area contributed by atoms with Crippen LogP contribution >= 0.6 is 11.6 Å². The fraction of sp³-hybridized carbons (Fsp3) is 0.158. The Balaban J connectivity index is 1.86. The van der Waals surface area contributed by atoms with E-state index in [1.165, 1.54) is 31.5 Å². The molecule has 0 bridgehead atoms. The Morgan fingerprint density at radius 1 is 1.29 bits per heavy atom. The molecule has 144 valence electrons. The molecule has 8 nitrogen and oxygen atoms in total. The molecule has 1 aromatic heterocycles. The summed E-state index contributed by atoms with van der Waals surface area (Å²) in [6.45, 7) is -0.566. The smallest absolute Gasteiger partial charge is 0.331 e. The normalized spacial score (nSPS) is 10.2. The molecule has 1 aromatic carbocycles. The summed E-state index contributed by atoms with van der Waals surface area (Å²) in [7, 11) is 1.46. The highest BCUT2D eigenvalue weighted by Gasteiger charge is 2.07. The van der Waals surface area contributed by atoms with Crippen molar-refractivity contribution >= 4 is 35.4 Å². The van der Waals surface area contributed by atoms with Gasteiger partial charge in [0.2, 0.25) is 0 Å². The van der Waals surface area contributed by atoms with E-state index in [-0.39, 0.29) is 6.61 Å². The number of nitrogens with zero attached hydrogens (tertiary/aromatic N) is 2. The molecule has 0 fully saturated rings. The Labute approximate surface area is 166 Å². The molecule has 0 aliphatic rings. The zero-order chi connectivity index (χ0) is 20.4. The zero-order valence-electron chi connectivity index (χ0n) is 14.8. The Kier molecular flexibility index (Phi) is 7.81. The lowest BCUT2D eigenvalue weighted by Crippen LogP contribution is -2.20. The van der Waals surface area contributed by atoms with Crippen LogP contribution in [0.15, 0.2) is 42.6 Å². The van der Waals surface area contributed by atoms with Crippen molar-refractivity contribution < 1.29 is 23.8 Å². The Hall–Kier alpha value is -3.57. The SMILES string of the molecule is COc1cc(C=CC(=O)OCC(=O)Nc2ccc(Cl)cn2)ccc1OCC#N. The molecule has 0 radical (unpaired) electrons. The number of rotatable bonds is 8. The number of nitriles is 1. The third kappa shape index (κ3) is 6.63. The van der Waals surface area contributed by atoms with Gasteiger partial charge in [0.1, 0.15) is 11.9 Å². The van der Waals surface area contributed by atoms with Gasteiger partial charge in [-0.2, -0.15) is 5.26 Å². The summed E-state index contributed by atoms with van der Waals surface area (Å²) in [6, 6.07) is 9.90. The van der Waals surface area contributed by atoms with E-state index in [0.29, 0.717) is 27.9 Å². The van der Waals surface area contributed by atoms with E-state index >= 15 is 0 Å². The first-order valence-corrected chi connectivity index (χ1v) is 8.33. The summed E-state index contributed by atoms with van der Waals surface area (Å²) in [5, 5.41) is 11.5. The van der Waals surface area contributed by atoms with Gasteiger partial charge >= 0.3 is 5.97 Å². The topological polar surface area (TPSA) is 111 Å². The van der Waals surface area contributed by atoms with Crippen molar-refractivity contribution in [3.8, 4) is 17.6 Å². The number of ether oxygens (including phenoxy) is 3. The molecule has 0 spiro atoms. The van der Waals surface area contributed by atoms with Gasteiger partial charge in [0.25, 0.3) is 5.91 Å². The second kappa shape index (κ2) is 10.5. The van der Waals surface area contributed by atoms with Crippen molar-refractivity contribution in [2.75, 3.05) is 25.6 Å². The van der Waals surface area contributed by atoms with Crippen LogP contribution in [0.5, 0.6) is 11.5 Å². The molecule has 0 aliphatic heterocycles. The number of anilines is 1. The van der Waals surface area contributed by atoms with E-state index in [9.17, 15) is 9.59 Å². The van der Waals surface area contributed by atoms with Crippen molar-refractivity contribution in [3.63, 3.8) is 0 Å². The summed E-state index contributed by atoms with van der Waals surface area (Å²) in [4.78, 5) is 27.4. The standard InChI is InChI=1S/C19H16ClN3O5/c1-26-16-10-13(2-5-15(16)27-9-8-21)3-7-19(25)28-12-18(24)23-17-6-4-14(20)11-22-17/h2-7,10-11H,9,12H2,1H3,(H,22,23,24). The number of aromatic nitrogens is 1. The number of amides is 1. The van der Waals surface area contributed by atoms with Crippen LogP contribution in [0.4, 0.5) is 5.82 Å². The average Bonchev–Trinajstić information content (AvgIpc) is 2.71. The summed E-state index contributed by atoms with van der Waals surface area (Å²) < 4.78 is 15.3. The number of benzene rings is 1. The summed E-state index contributed by atoms with van der Waals surface area (Å²) in [6.07, 6.45) is 4.06. The molecule has 0 saturated carbocycles. The first-order chi connectivity index (χ1) is 13.5. The third-order valence-electron chi connectivity index (χ3n) is 3.23. The lowest BCUT2D eigenvalue weighted by Gasteiger charge is -2.08. The summed E-state index contributed by atoms with van der Waals surface area (Å²) >= 11 is 5.71. The van der Waals surface area contributed by atoms with Gasteiger partial charge in [0.05, 0.1) is 12.1 Å². The number of halogens is 1. The quantitative estimate of drug-likeness (QED) is 0.534. The maximum absolute atomic E-state index is 11.8. The lowest BCUT2D eigenvalue weighted by molar-refractivity contribution is -0.142. The highest BCUT2D eigenvalue weighted by atomic mass is 35.5. The number of nitrogens with one attached hydrogen (secondary N) is 1. The van der Waals surface area contributed by atoms with Crippen LogP contribution in [0.2, 0.25) is 5.02 Å². The molecule has 2 rings (SSSR count). The largest absolute Gasteiger partial charge is 0.493 e. The number of esters is 1. The molecule has 2 aromatic rings. The predicted molar refractivity (Wildman–Crippen MR) is 102 cm³/mol. The van der Waals surface area contributed by atoms with Crippen LogP contribution < -0.4 is 14.8 Å². The molecule has 1 N–H and O–H groups in total. The molecule has 0 unspecified atom stereocenters. The molecule has 0 saturated heterocycles. The minimum absolute atomic E-state index is 0.106. The maximum Gasteiger partial charge on any atom is 0.331 e. The van der Waals surface area contributed by atoms with Gasteiger partial charge in [0, 0.05) is 12.3 Å². The van der Waals surface area contributed by atoms with Crippen molar-refractivity contribution in [1.29, 1.82) is 5.26 Å². The van der Waals surface area contributed by atoms with Crippen molar-refractivity contribution in [2.24, 2.45) is 0 Å². The number of carbonyl (C=O) groups is 2. The second-order valence-corrected chi connectivity index (χ2v) is 5.64. The second-order valence-electron chi connectivity index (χ2n) is 5.21. The van der Waals surface area contributed by atoms with Gasteiger partial charge in [-0.05, 0) is 35.9 Å². The first kappa shape index (κ1) is 20.7. The average molecular weight is 402 g/mol. The van der Waals surface area contributed by atoms with Gasteiger partial charge in [-0.3, -0.25) is 4.79 Å². The van der Waals surface area contributed by atoms with Crippen molar-refractivity contribution in [1.82, 2.24) is 4.98 Å². The number of methoxy groups -OCH3 is 1. The van der Waals surface area contributed by atoms with Gasteiger partial charge in [0.15, 0.2) is 24.7 Å². The molecule has 28 heavy (non-hydrogen) atoms. The van der Waals surface area contributed by atoms with Crippen LogP contribution in [0.3, 0.4) is 0 Å². The number of hydrogen-bond acceptors (Lipinski definition) is 7. The van der Waals surface area contributed by atoms with Gasteiger partial charge in [-0.25, -0.2) is 9.78 Å². The predicted octanol–water partition coefficient (Wildman–Crippen LogP) is 2.84. The van der Waals surface area contributed by atoms with Crippen molar-refractivity contribution in [2.45, 2.75) is 0 Å². The van der Waals surface area contributed by atoms with Gasteiger partial charge in [-0.1, -0.05) is 17.7 Å². The van der Waals surface area contributed by atoms with Gasteiger partial charge < -0.3 is 19.5 Å². The lowest BCUT2D eigenvalue weighted by atomic mass is 10.2. The maximum atomic E-state index is 11.8. The van der Waals surface area contributed by atoms with E-state index in [0.717, 1.165) is 0 Å². The highest BCUT2D eigenvalue weighted by molar-refractivity contribution is 6.30. The van der Waals surface area contributed by atoms with Crippen LogP contribution in [0.1, 0.15) is 5.56 Å². The molecule has 1 amide bonds. The summed E-state index contributed by atoms with van der Waals surface area (Å²) in [5.74, 6) is -0.0936. The van der Waals surface area contributed by atoms with E-state index in [2.05, 4.69) is 10.3 Å². The molecule has 9 heteroatoms. The molecule has 0 aliphatic carbocycles. The fourth-order valence-electron chi connectivity index (χ4n) is 1.99. The van der Waals surface area contributed by atoms with Crippen molar-refractivity contribution in [3.05, 3.63) is 53.2 Å². The summed E-state index contributed by atoms with van der Waals surface area (Å²) in [5.41, 5.74) is 0.646. The minimum Gasteiger partial charge on any atom is -0.493 e. The van der Waals surface area contributed by atoms with E-state index < -0.39 is 18.5 Å². The zero-order valence-corrected chi connectivity index (χ0v) is 15.6. The number of pyridine rings is 1. The van der Waals surface area contributed by atoms with Gasteiger partial charge in [-0.15, -0.1) is 0 Å². The Morgan fingerprint density at radius 2 is 2.11 bits per heavy atom. The number of carbonyl (C=O) groups excluding carboxylic acids is 2. The van der Waals surface area contributed by atoms with E-state index in [4.69, 9.17) is 31.1 Å². The minimum atomic E-state index is -0.692. The van der Waals surface area contributed by atoms with E-state index in [1.807, 2.05) is 6.07 Å². The molecular formula is C19H16ClN3O5. The van der Waals surface area contributed by atoms with E-state index in [1.54, 1.807) is 24.3 Å². The van der Waals surface area contributed by atoms with Crippen LogP contribution in [-0.2, 0) is 14.3 Å². The van der Waals surface area contributed by atoms with Crippen LogP contribution in [-0.4, -0.2) is 37.2 Å². The highest BCUT2D eigenvalue weighted by Crippen LogP contribution is 2.28. The van der Waals surface area contributed by atoms with Crippen LogP contribution in [0.25, 0.3) is 6.08 Å². The van der Waals surface area contributed by atoms with Crippen LogP contribution in [0, 0.1) is 11.3 Å². The molecule has 1 heterocycles. The Bertz CT molecular complexity index is 907. The fourth-order valence-corrected chi connectivity index (χ4v) is 2.11.